The highest BCUT2D eigenvalue weighted by Gasteiger charge is 2.18. The van der Waals surface area contributed by atoms with Crippen molar-refractivity contribution in [2.45, 2.75) is 6.54 Å². The Morgan fingerprint density at radius 3 is 2.57 bits per heavy atom. The number of aromatic nitrogens is 7. The van der Waals surface area contributed by atoms with Gasteiger partial charge in [-0.25, -0.2) is 9.37 Å². The lowest BCUT2D eigenvalue weighted by molar-refractivity contribution is 0.402. The van der Waals surface area contributed by atoms with Gasteiger partial charge in [0, 0.05) is 54.0 Å². The van der Waals surface area contributed by atoms with E-state index in [2.05, 4.69) is 35.0 Å². The van der Waals surface area contributed by atoms with E-state index in [0.717, 1.165) is 40.0 Å². The van der Waals surface area contributed by atoms with Crippen LogP contribution in [0.25, 0.3) is 55.8 Å². The van der Waals surface area contributed by atoms with Gasteiger partial charge in [-0.05, 0) is 61.6 Å². The van der Waals surface area contributed by atoms with E-state index in [9.17, 15) is 0 Å². The average molecular weight is 465 g/mol. The molecule has 0 atom stereocenters. The van der Waals surface area contributed by atoms with Gasteiger partial charge < -0.3 is 9.88 Å². The molecule has 0 spiro atoms. The first-order valence-corrected chi connectivity index (χ1v) is 11.1. The summed E-state index contributed by atoms with van der Waals surface area (Å²) >= 11 is 0. The molecule has 0 bridgehead atoms. The zero-order valence-electron chi connectivity index (χ0n) is 19.1. The first-order chi connectivity index (χ1) is 17.1. The number of imidazole rings is 1. The monoisotopic (exact) mass is 464 g/mol. The normalized spacial score (nSPS) is 11.7. The fourth-order valence-corrected chi connectivity index (χ4v) is 4.29. The number of nitrogens with one attached hydrogen (secondary N) is 2. The van der Waals surface area contributed by atoms with Gasteiger partial charge in [0.25, 0.3) is 0 Å². The Morgan fingerprint density at radius 2 is 1.74 bits per heavy atom. The van der Waals surface area contributed by atoms with Crippen molar-refractivity contribution in [3.63, 3.8) is 0 Å². The van der Waals surface area contributed by atoms with Crippen molar-refractivity contribution in [2.24, 2.45) is 0 Å². The average Bonchev–Trinajstić information content (AvgIpc) is 3.48. The van der Waals surface area contributed by atoms with E-state index in [4.69, 9.17) is 4.98 Å². The highest BCUT2D eigenvalue weighted by molar-refractivity contribution is 5.97. The maximum Gasteiger partial charge on any atom is 0.157 e. The van der Waals surface area contributed by atoms with E-state index in [-0.39, 0.29) is 5.52 Å². The third-order valence-corrected chi connectivity index (χ3v) is 5.83. The fourth-order valence-electron chi connectivity index (χ4n) is 4.29. The number of fused-ring (bicyclic) bond motifs is 2. The van der Waals surface area contributed by atoms with Crippen LogP contribution in [0.1, 0.15) is 5.56 Å². The minimum Gasteiger partial charge on any atom is -0.337 e. The zero-order valence-corrected chi connectivity index (χ0v) is 19.1. The first-order valence-electron chi connectivity index (χ1n) is 11.1. The summed E-state index contributed by atoms with van der Waals surface area (Å²) in [5.41, 5.74) is 6.67. The molecule has 9 heteroatoms. The SMILES string of the molecule is CN(C)Cc1cncc(-c2cc(F)c3n[nH]c(-c4nc5c(-c6ccncc6)nccc5[nH]4)c3c2)c1. The van der Waals surface area contributed by atoms with Crippen LogP contribution in [-0.4, -0.2) is 54.1 Å². The van der Waals surface area contributed by atoms with Crippen LogP contribution in [0.3, 0.4) is 0 Å². The Balaban J connectivity index is 1.48. The number of hydrogen-bond donors (Lipinski definition) is 2. The molecule has 0 aliphatic carbocycles. The third kappa shape index (κ3) is 3.81. The summed E-state index contributed by atoms with van der Waals surface area (Å²) in [4.78, 5) is 23.2. The molecule has 0 aliphatic heterocycles. The molecule has 0 fully saturated rings. The van der Waals surface area contributed by atoms with E-state index >= 15 is 4.39 Å². The molecule has 5 heterocycles. The number of halogens is 1. The van der Waals surface area contributed by atoms with Crippen molar-refractivity contribution < 1.29 is 4.39 Å². The highest BCUT2D eigenvalue weighted by Crippen LogP contribution is 2.33. The second-order valence-corrected chi connectivity index (χ2v) is 8.65. The second-order valence-electron chi connectivity index (χ2n) is 8.65. The minimum atomic E-state index is -0.409. The lowest BCUT2D eigenvalue weighted by Crippen LogP contribution is -2.10. The van der Waals surface area contributed by atoms with Crippen molar-refractivity contribution in [3.05, 3.63) is 78.8 Å². The molecular formula is C26H21FN8. The fraction of sp³-hybridized carbons (Fsp3) is 0.115. The van der Waals surface area contributed by atoms with Gasteiger partial charge in [0.05, 0.1) is 11.2 Å². The van der Waals surface area contributed by atoms with Crippen molar-refractivity contribution in [1.82, 2.24) is 40.0 Å². The molecule has 8 nitrogen and oxygen atoms in total. The van der Waals surface area contributed by atoms with Crippen LogP contribution < -0.4 is 0 Å². The summed E-state index contributed by atoms with van der Waals surface area (Å²) in [6.45, 7) is 0.745. The van der Waals surface area contributed by atoms with Gasteiger partial charge in [0.15, 0.2) is 11.6 Å². The minimum absolute atomic E-state index is 0.258. The molecule has 0 aliphatic rings. The number of pyridine rings is 3. The van der Waals surface area contributed by atoms with Gasteiger partial charge in [-0.1, -0.05) is 0 Å². The zero-order chi connectivity index (χ0) is 23.9. The summed E-state index contributed by atoms with van der Waals surface area (Å²) in [5, 5.41) is 7.84. The van der Waals surface area contributed by atoms with E-state index < -0.39 is 5.82 Å². The molecule has 172 valence electrons. The lowest BCUT2D eigenvalue weighted by atomic mass is 10.0. The number of rotatable bonds is 5. The van der Waals surface area contributed by atoms with Gasteiger partial charge in [0.2, 0.25) is 0 Å². The largest absolute Gasteiger partial charge is 0.337 e. The maximum absolute atomic E-state index is 15.1. The van der Waals surface area contributed by atoms with Crippen molar-refractivity contribution in [2.75, 3.05) is 14.1 Å². The predicted molar refractivity (Wildman–Crippen MR) is 133 cm³/mol. The summed E-state index contributed by atoms with van der Waals surface area (Å²) in [6.07, 6.45) is 8.74. The van der Waals surface area contributed by atoms with E-state index in [1.54, 1.807) is 24.8 Å². The van der Waals surface area contributed by atoms with Gasteiger partial charge in [-0.3, -0.25) is 20.1 Å². The summed E-state index contributed by atoms with van der Waals surface area (Å²) in [5.74, 6) is 0.148. The third-order valence-electron chi connectivity index (χ3n) is 5.83. The molecule has 0 unspecified atom stereocenters. The molecule has 35 heavy (non-hydrogen) atoms. The maximum atomic E-state index is 15.1. The van der Waals surface area contributed by atoms with Crippen molar-refractivity contribution >= 4 is 21.9 Å². The van der Waals surface area contributed by atoms with Crippen LogP contribution in [0.15, 0.2) is 67.4 Å². The molecule has 1 aromatic carbocycles. The quantitative estimate of drug-likeness (QED) is 0.379. The number of hydrogen-bond acceptors (Lipinski definition) is 6. The smallest absolute Gasteiger partial charge is 0.157 e. The van der Waals surface area contributed by atoms with Gasteiger partial charge in [-0.2, -0.15) is 5.10 Å². The molecular weight excluding hydrogens is 443 g/mol. The highest BCUT2D eigenvalue weighted by atomic mass is 19.1. The molecule has 6 rings (SSSR count). The Hall–Kier alpha value is -4.50. The van der Waals surface area contributed by atoms with Crippen LogP contribution in [0.5, 0.6) is 0 Å². The number of aromatic amines is 2. The Morgan fingerprint density at radius 1 is 0.886 bits per heavy atom. The lowest BCUT2D eigenvalue weighted by Gasteiger charge is -2.10. The van der Waals surface area contributed by atoms with Crippen molar-refractivity contribution in [3.8, 4) is 33.9 Å². The van der Waals surface area contributed by atoms with Gasteiger partial charge in [-0.15, -0.1) is 0 Å². The molecule has 5 aromatic heterocycles. The number of nitrogens with zero attached hydrogens (tertiary/aromatic N) is 6. The number of benzene rings is 1. The van der Waals surface area contributed by atoms with Crippen LogP contribution in [0.2, 0.25) is 0 Å². The standard InChI is InChI=1S/C26H21FN8/c1-35(2)14-15-9-18(13-29-12-15)17-10-19-23(20(27)11-17)33-34-24(19)26-31-21-5-8-30-22(25(21)32-26)16-3-6-28-7-4-16/h3-13H,14H2,1-2H3,(H,31,32)(H,33,34). The summed E-state index contributed by atoms with van der Waals surface area (Å²) in [7, 11) is 4.00. The molecule has 0 amide bonds. The van der Waals surface area contributed by atoms with Gasteiger partial charge in [0.1, 0.15) is 16.7 Å². The molecule has 6 aromatic rings. The first kappa shape index (κ1) is 21.1. The van der Waals surface area contributed by atoms with Crippen LogP contribution in [0.4, 0.5) is 4.39 Å². The summed E-state index contributed by atoms with van der Waals surface area (Å²) < 4.78 is 15.1. The molecule has 2 N–H and O–H groups in total. The molecule has 0 saturated heterocycles. The van der Waals surface area contributed by atoms with Crippen LogP contribution in [0, 0.1) is 5.82 Å². The van der Waals surface area contributed by atoms with Crippen LogP contribution >= 0.6 is 0 Å². The molecule has 0 saturated carbocycles. The van der Waals surface area contributed by atoms with E-state index in [1.165, 1.54) is 6.07 Å². The topological polar surface area (TPSA) is 99.3 Å². The molecule has 0 radical (unpaired) electrons. The second kappa shape index (κ2) is 8.37. The Labute approximate surface area is 199 Å². The van der Waals surface area contributed by atoms with E-state index in [1.807, 2.05) is 50.6 Å². The predicted octanol–water partition coefficient (Wildman–Crippen LogP) is 4.83. The number of H-pyrrole nitrogens is 2. The summed E-state index contributed by atoms with van der Waals surface area (Å²) in [6, 6.07) is 11.1. The van der Waals surface area contributed by atoms with Crippen molar-refractivity contribution in [1.29, 1.82) is 0 Å². The Bertz CT molecular complexity index is 1670. The van der Waals surface area contributed by atoms with Crippen LogP contribution in [-0.2, 0) is 6.54 Å². The van der Waals surface area contributed by atoms with E-state index in [0.29, 0.717) is 22.4 Å². The Kier molecular flexibility index (Phi) is 5.04. The van der Waals surface area contributed by atoms with Gasteiger partial charge >= 0.3 is 0 Å².